The Bertz CT molecular complexity index is 302. The first kappa shape index (κ1) is 17.3. The van der Waals surface area contributed by atoms with Gasteiger partial charge in [-0.1, -0.05) is 26.7 Å². The molecule has 0 saturated carbocycles. The van der Waals surface area contributed by atoms with Gasteiger partial charge in [-0.2, -0.15) is 0 Å². The number of esters is 2. The smallest absolute Gasteiger partial charge is 0.375 e. The Hall–Kier alpha value is -1.72. The lowest BCUT2D eigenvalue weighted by molar-refractivity contribution is -0.158. The number of ether oxygens (including phenoxy) is 2. The number of carbonyl (C=O) groups is 4. The van der Waals surface area contributed by atoms with Gasteiger partial charge in [-0.3, -0.25) is 9.59 Å². The van der Waals surface area contributed by atoms with Gasteiger partial charge in [0.15, 0.2) is 0 Å². The summed E-state index contributed by atoms with van der Waals surface area (Å²) in [4.78, 5) is 44.9. The molecular formula is C13H20O6. The molecule has 0 unspecified atom stereocenters. The topological polar surface area (TPSA) is 86.7 Å². The summed E-state index contributed by atoms with van der Waals surface area (Å²) in [5, 5.41) is 0. The summed E-state index contributed by atoms with van der Waals surface area (Å²) in [6, 6.07) is 0. The van der Waals surface area contributed by atoms with Crippen molar-refractivity contribution in [3.8, 4) is 0 Å². The predicted octanol–water partition coefficient (Wildman–Crippen LogP) is 1.20. The molecule has 0 radical (unpaired) electrons. The third-order valence-corrected chi connectivity index (χ3v) is 2.24. The molecule has 19 heavy (non-hydrogen) atoms. The van der Waals surface area contributed by atoms with Crippen molar-refractivity contribution in [2.24, 2.45) is 0 Å². The van der Waals surface area contributed by atoms with Crippen LogP contribution in [0.2, 0.25) is 0 Å². The third kappa shape index (κ3) is 8.07. The van der Waals surface area contributed by atoms with Crippen LogP contribution in [0.15, 0.2) is 0 Å². The molecule has 0 aliphatic carbocycles. The molecule has 0 atom stereocenters. The van der Waals surface area contributed by atoms with Crippen LogP contribution >= 0.6 is 0 Å². The molecule has 0 rings (SSSR count). The van der Waals surface area contributed by atoms with Crippen LogP contribution in [0.5, 0.6) is 0 Å². The van der Waals surface area contributed by atoms with E-state index >= 15 is 0 Å². The highest BCUT2D eigenvalue weighted by molar-refractivity contribution is 6.45. The molecule has 0 N–H and O–H groups in total. The van der Waals surface area contributed by atoms with Gasteiger partial charge in [0.25, 0.3) is 0 Å². The second-order valence-electron chi connectivity index (χ2n) is 4.00. The molecule has 0 bridgehead atoms. The van der Waals surface area contributed by atoms with Crippen molar-refractivity contribution in [3.63, 3.8) is 0 Å². The van der Waals surface area contributed by atoms with Gasteiger partial charge in [0.1, 0.15) is 0 Å². The van der Waals surface area contributed by atoms with Gasteiger partial charge in [0.05, 0.1) is 19.6 Å². The van der Waals surface area contributed by atoms with Crippen LogP contribution < -0.4 is 0 Å². The first-order valence-electron chi connectivity index (χ1n) is 6.42. The number of unbranched alkanes of at least 4 members (excludes halogenated alkanes) is 2. The van der Waals surface area contributed by atoms with Gasteiger partial charge in [-0.25, -0.2) is 9.59 Å². The van der Waals surface area contributed by atoms with Crippen LogP contribution in [0.4, 0.5) is 0 Å². The maximum absolute atomic E-state index is 11.3. The molecule has 6 heteroatoms. The lowest BCUT2D eigenvalue weighted by atomic mass is 10.2. The monoisotopic (exact) mass is 272 g/mol. The fraction of sp³-hybridized carbons (Fsp3) is 0.692. The van der Waals surface area contributed by atoms with Gasteiger partial charge < -0.3 is 9.47 Å². The Labute approximate surface area is 112 Å². The Morgan fingerprint density at radius 2 is 1.11 bits per heavy atom. The molecule has 0 fully saturated rings. The zero-order chi connectivity index (χ0) is 14.7. The Morgan fingerprint density at radius 3 is 1.42 bits per heavy atom. The fourth-order valence-electron chi connectivity index (χ4n) is 1.07. The van der Waals surface area contributed by atoms with E-state index in [0.717, 1.165) is 12.8 Å². The SMILES string of the molecule is CCCCOC(=O)C(=O)CC(=O)C(=O)OCCCC. The van der Waals surface area contributed by atoms with Crippen LogP contribution in [0.3, 0.4) is 0 Å². The number of hydrogen-bond acceptors (Lipinski definition) is 6. The standard InChI is InChI=1S/C13H20O6/c1-3-5-7-18-12(16)10(14)9-11(15)13(17)19-8-6-4-2/h3-9H2,1-2H3. The Morgan fingerprint density at radius 1 is 0.737 bits per heavy atom. The lowest BCUT2D eigenvalue weighted by Crippen LogP contribution is -2.26. The van der Waals surface area contributed by atoms with Crippen LogP contribution in [-0.4, -0.2) is 36.7 Å². The van der Waals surface area contributed by atoms with E-state index in [-0.39, 0.29) is 13.2 Å². The minimum absolute atomic E-state index is 0.135. The minimum Gasteiger partial charge on any atom is -0.460 e. The quantitative estimate of drug-likeness (QED) is 0.257. The molecule has 6 nitrogen and oxygen atoms in total. The number of ketones is 2. The van der Waals surface area contributed by atoms with E-state index in [9.17, 15) is 19.2 Å². The van der Waals surface area contributed by atoms with Gasteiger partial charge in [0, 0.05) is 0 Å². The van der Waals surface area contributed by atoms with E-state index < -0.39 is 29.9 Å². The van der Waals surface area contributed by atoms with E-state index in [1.54, 1.807) is 0 Å². The van der Waals surface area contributed by atoms with Gasteiger partial charge >= 0.3 is 11.9 Å². The first-order valence-corrected chi connectivity index (χ1v) is 6.42. The van der Waals surface area contributed by atoms with Crippen molar-refractivity contribution >= 4 is 23.5 Å². The summed E-state index contributed by atoms with van der Waals surface area (Å²) >= 11 is 0. The summed E-state index contributed by atoms with van der Waals surface area (Å²) in [6.45, 7) is 4.09. The predicted molar refractivity (Wildman–Crippen MR) is 66.4 cm³/mol. The number of Topliss-reactive ketones (excluding diaryl/α,β-unsaturated/α-hetero) is 2. The van der Waals surface area contributed by atoms with Crippen LogP contribution in [-0.2, 0) is 28.7 Å². The molecular weight excluding hydrogens is 252 g/mol. The van der Waals surface area contributed by atoms with Crippen LogP contribution in [0.25, 0.3) is 0 Å². The van der Waals surface area contributed by atoms with E-state index in [1.807, 2.05) is 13.8 Å². The molecule has 0 aromatic heterocycles. The largest absolute Gasteiger partial charge is 0.460 e. The van der Waals surface area contributed by atoms with Crippen molar-refractivity contribution in [1.82, 2.24) is 0 Å². The van der Waals surface area contributed by atoms with Gasteiger partial charge in [-0.05, 0) is 12.8 Å². The van der Waals surface area contributed by atoms with Gasteiger partial charge in [-0.15, -0.1) is 0 Å². The molecule has 108 valence electrons. The Kier molecular flexibility index (Phi) is 9.30. The summed E-state index contributed by atoms with van der Waals surface area (Å²) in [5.74, 6) is -4.20. The maximum atomic E-state index is 11.3. The second-order valence-corrected chi connectivity index (χ2v) is 4.00. The summed E-state index contributed by atoms with van der Waals surface area (Å²) in [7, 11) is 0. The van der Waals surface area contributed by atoms with Crippen molar-refractivity contribution in [3.05, 3.63) is 0 Å². The molecule has 0 amide bonds. The van der Waals surface area contributed by atoms with Gasteiger partial charge in [0.2, 0.25) is 11.6 Å². The molecule has 0 aliphatic heterocycles. The van der Waals surface area contributed by atoms with Crippen molar-refractivity contribution in [1.29, 1.82) is 0 Å². The lowest BCUT2D eigenvalue weighted by Gasteiger charge is -2.03. The third-order valence-electron chi connectivity index (χ3n) is 2.24. The van der Waals surface area contributed by atoms with E-state index in [1.165, 1.54) is 0 Å². The number of carbonyl (C=O) groups excluding carboxylic acids is 4. The minimum atomic E-state index is -1.08. The zero-order valence-corrected chi connectivity index (χ0v) is 11.4. The highest BCUT2D eigenvalue weighted by Crippen LogP contribution is 1.96. The van der Waals surface area contributed by atoms with E-state index in [2.05, 4.69) is 9.47 Å². The summed E-state index contributed by atoms with van der Waals surface area (Å²) < 4.78 is 9.26. The highest BCUT2D eigenvalue weighted by atomic mass is 16.5. The summed E-state index contributed by atoms with van der Waals surface area (Å²) in [6.07, 6.45) is 2.14. The molecule has 0 aliphatic rings. The van der Waals surface area contributed by atoms with Crippen molar-refractivity contribution < 1.29 is 28.7 Å². The first-order chi connectivity index (χ1) is 9.02. The zero-order valence-electron chi connectivity index (χ0n) is 11.4. The highest BCUT2D eigenvalue weighted by Gasteiger charge is 2.24. The molecule has 0 saturated heterocycles. The van der Waals surface area contributed by atoms with Crippen LogP contribution in [0.1, 0.15) is 46.0 Å². The average Bonchev–Trinajstić information content (AvgIpc) is 2.38. The molecule has 0 heterocycles. The second kappa shape index (κ2) is 10.2. The number of rotatable bonds is 10. The maximum Gasteiger partial charge on any atom is 0.375 e. The van der Waals surface area contributed by atoms with Crippen molar-refractivity contribution in [2.75, 3.05) is 13.2 Å². The fourth-order valence-corrected chi connectivity index (χ4v) is 1.07. The van der Waals surface area contributed by atoms with E-state index in [4.69, 9.17) is 0 Å². The Balaban J connectivity index is 4.00. The normalized spacial score (nSPS) is 9.79. The number of hydrogen-bond donors (Lipinski definition) is 0. The molecule has 0 aromatic rings. The average molecular weight is 272 g/mol. The summed E-state index contributed by atoms with van der Waals surface area (Å²) in [5.41, 5.74) is 0. The molecule has 0 aromatic carbocycles. The van der Waals surface area contributed by atoms with Crippen molar-refractivity contribution in [2.45, 2.75) is 46.0 Å². The van der Waals surface area contributed by atoms with E-state index in [0.29, 0.717) is 12.8 Å². The van der Waals surface area contributed by atoms with Crippen LogP contribution in [0, 0.1) is 0 Å². The molecule has 0 spiro atoms.